The molecule has 4 aliphatic heterocycles. The van der Waals surface area contributed by atoms with Crippen LogP contribution in [0.1, 0.15) is 79.4 Å². The summed E-state index contributed by atoms with van der Waals surface area (Å²) in [5.41, 5.74) is 8.77. The van der Waals surface area contributed by atoms with Crippen molar-refractivity contribution in [1.29, 1.82) is 0 Å². The first-order valence-corrected chi connectivity index (χ1v) is 18.9. The molecule has 264 valence electrons. The molecule has 8 nitrogen and oxygen atoms in total. The average Bonchev–Trinajstić information content (AvgIpc) is 3.66. The van der Waals surface area contributed by atoms with E-state index in [0.29, 0.717) is 24.8 Å². The first-order chi connectivity index (χ1) is 24.3. The molecular weight excluding hydrogens is 624 g/mol. The fraction of sp³-hybridized carbons (Fsp3) is 0.548. The molecule has 1 saturated carbocycles. The van der Waals surface area contributed by atoms with Gasteiger partial charge < -0.3 is 24.5 Å². The Morgan fingerprint density at radius 1 is 1.06 bits per heavy atom. The molecule has 1 unspecified atom stereocenters. The molecule has 4 aromatic rings. The number of rotatable bonds is 5. The van der Waals surface area contributed by atoms with Gasteiger partial charge in [-0.05, 0) is 87.2 Å². The zero-order valence-corrected chi connectivity index (χ0v) is 30.2. The Hall–Kier alpha value is -3.59. The van der Waals surface area contributed by atoms with Crippen LogP contribution in [0.4, 0.5) is 0 Å². The minimum atomic E-state index is -1.11. The number of carbonyl (C=O) groups is 1. The standard InChI is InChI=1S/C42H52N4O4/c1-6-24-14-23-15-32-38-27(12-13-46(20-23)40(24)32)28-18-36(49-4)29(17-35(28)44-38)30-16-33-25(7-2)21-45(3)37(42(33,22-47)41(48)50-5)19-31-26-10-8-9-11-34(26)43-39(30)31/h7-11,17-18,23-24,30,32-33,37,40,43-44,47H,6,12-16,19-22H2,1-5H3/b25-7-/t23-,24+,30+,32+,33+,37+,40+,42+/m1/s1. The van der Waals surface area contributed by atoms with Crippen LogP contribution in [0.3, 0.4) is 0 Å². The fourth-order valence-corrected chi connectivity index (χ4v) is 12.0. The second kappa shape index (κ2) is 12.0. The van der Waals surface area contributed by atoms with Gasteiger partial charge in [-0.3, -0.25) is 14.6 Å². The first kappa shape index (κ1) is 32.3. The van der Waals surface area contributed by atoms with Crippen molar-refractivity contribution < 1.29 is 19.4 Å². The van der Waals surface area contributed by atoms with Crippen molar-refractivity contribution in [3.8, 4) is 5.75 Å². The van der Waals surface area contributed by atoms with E-state index in [0.717, 1.165) is 48.2 Å². The maximum atomic E-state index is 14.1. The number of nitrogens with zero attached hydrogens (tertiary/aromatic N) is 2. The van der Waals surface area contributed by atoms with Crippen molar-refractivity contribution in [2.45, 2.75) is 76.3 Å². The van der Waals surface area contributed by atoms with Crippen LogP contribution in [-0.2, 0) is 22.4 Å². The highest BCUT2D eigenvalue weighted by Gasteiger charge is 2.59. The summed E-state index contributed by atoms with van der Waals surface area (Å²) in [7, 11) is 5.34. The minimum absolute atomic E-state index is 0.106. The van der Waals surface area contributed by atoms with E-state index < -0.39 is 5.41 Å². The van der Waals surface area contributed by atoms with Gasteiger partial charge in [-0.1, -0.05) is 43.2 Å². The molecule has 2 aromatic heterocycles. The summed E-state index contributed by atoms with van der Waals surface area (Å²) in [6, 6.07) is 13.6. The third-order valence-electron chi connectivity index (χ3n) is 14.1. The van der Waals surface area contributed by atoms with E-state index >= 15 is 0 Å². The number of allylic oxidation sites excluding steroid dienone is 1. The van der Waals surface area contributed by atoms with Crippen molar-refractivity contribution in [3.63, 3.8) is 0 Å². The molecule has 50 heavy (non-hydrogen) atoms. The molecule has 9 atom stereocenters. The van der Waals surface area contributed by atoms with E-state index in [4.69, 9.17) is 9.47 Å². The average molecular weight is 677 g/mol. The number of likely N-dealkylation sites (N-methyl/N-ethyl adjacent to an activating group) is 1. The van der Waals surface area contributed by atoms with Gasteiger partial charge in [0.1, 0.15) is 11.2 Å². The number of methoxy groups -OCH3 is 2. The summed E-state index contributed by atoms with van der Waals surface area (Å²) >= 11 is 0. The number of nitrogens with one attached hydrogen (secondary N) is 2. The molecule has 3 saturated heterocycles. The van der Waals surface area contributed by atoms with Crippen molar-refractivity contribution in [3.05, 3.63) is 76.1 Å². The fourth-order valence-electron chi connectivity index (χ4n) is 12.0. The van der Waals surface area contributed by atoms with Gasteiger partial charge >= 0.3 is 5.97 Å². The van der Waals surface area contributed by atoms with E-state index in [9.17, 15) is 9.90 Å². The number of aliphatic hydroxyl groups is 1. The Bertz CT molecular complexity index is 2010. The quantitative estimate of drug-likeness (QED) is 0.165. The maximum absolute atomic E-state index is 14.1. The number of fused-ring (bicyclic) bond motifs is 9. The second-order valence-electron chi connectivity index (χ2n) is 16.1. The molecule has 0 radical (unpaired) electrons. The minimum Gasteiger partial charge on any atom is -0.496 e. The summed E-state index contributed by atoms with van der Waals surface area (Å²) in [6.07, 6.45) is 8.39. The number of aromatic amines is 2. The number of aliphatic hydroxyl groups excluding tert-OH is 1. The summed E-state index contributed by atoms with van der Waals surface area (Å²) in [5, 5.41) is 13.8. The van der Waals surface area contributed by atoms with Gasteiger partial charge in [0.15, 0.2) is 0 Å². The third-order valence-corrected chi connectivity index (χ3v) is 14.1. The SMILES string of the molecule is C/C=C1/CN(C)[C@H]2Cc3c([nH]c4ccccc34)[C@H](c3cc4[nH]c5c(c4cc3OC)CCN3C[C@@H]4C[C@H](CC)[C@H]3[C@H]5C4)C[C@@H]1[C@]2(CO)C(=O)OC. The molecule has 2 aliphatic carbocycles. The highest BCUT2D eigenvalue weighted by Crippen LogP contribution is 2.55. The number of carbonyl (C=O) groups excluding carboxylic acids is 1. The topological polar surface area (TPSA) is 93.8 Å². The van der Waals surface area contributed by atoms with Gasteiger partial charge in [-0.15, -0.1) is 0 Å². The molecular formula is C42H52N4O4. The molecule has 6 heterocycles. The highest BCUT2D eigenvalue weighted by molar-refractivity contribution is 5.89. The lowest BCUT2D eigenvalue weighted by Crippen LogP contribution is -2.63. The number of aromatic nitrogens is 2. The lowest BCUT2D eigenvalue weighted by Gasteiger charge is -2.53. The summed E-state index contributed by atoms with van der Waals surface area (Å²) in [4.78, 5) is 27.1. The second-order valence-corrected chi connectivity index (χ2v) is 16.1. The summed E-state index contributed by atoms with van der Waals surface area (Å²) < 4.78 is 11.9. The molecule has 8 heteroatoms. The molecule has 2 aromatic carbocycles. The number of esters is 1. The molecule has 0 spiro atoms. The van der Waals surface area contributed by atoms with E-state index in [-0.39, 0.29) is 30.5 Å². The zero-order valence-electron chi connectivity index (χ0n) is 30.2. The van der Waals surface area contributed by atoms with Crippen LogP contribution in [0.5, 0.6) is 5.75 Å². The van der Waals surface area contributed by atoms with Crippen LogP contribution in [0.25, 0.3) is 21.8 Å². The van der Waals surface area contributed by atoms with Gasteiger partial charge in [0, 0.05) is 88.2 Å². The van der Waals surface area contributed by atoms with Gasteiger partial charge in [0.05, 0.1) is 20.8 Å². The van der Waals surface area contributed by atoms with Gasteiger partial charge in [-0.2, -0.15) is 0 Å². The number of hydrogen-bond donors (Lipinski definition) is 3. The predicted molar refractivity (Wildman–Crippen MR) is 197 cm³/mol. The Morgan fingerprint density at radius 2 is 1.88 bits per heavy atom. The first-order valence-electron chi connectivity index (χ1n) is 18.9. The Morgan fingerprint density at radius 3 is 2.64 bits per heavy atom. The van der Waals surface area contributed by atoms with Crippen LogP contribution in [0.2, 0.25) is 0 Å². The van der Waals surface area contributed by atoms with Crippen molar-refractivity contribution in [2.75, 3.05) is 47.5 Å². The molecule has 3 N–H and O–H groups in total. The molecule has 4 fully saturated rings. The molecule has 6 bridgehead atoms. The largest absolute Gasteiger partial charge is 0.496 e. The lowest BCUT2D eigenvalue weighted by atomic mass is 9.58. The van der Waals surface area contributed by atoms with Crippen LogP contribution in [-0.4, -0.2) is 90.4 Å². The van der Waals surface area contributed by atoms with E-state index in [1.807, 2.05) is 0 Å². The van der Waals surface area contributed by atoms with Gasteiger partial charge in [0.2, 0.25) is 0 Å². The third kappa shape index (κ3) is 4.43. The number of piperidine rings is 3. The predicted octanol–water partition coefficient (Wildman–Crippen LogP) is 6.52. The van der Waals surface area contributed by atoms with Crippen molar-refractivity contribution >= 4 is 27.8 Å². The molecule has 10 rings (SSSR count). The van der Waals surface area contributed by atoms with Crippen LogP contribution in [0.15, 0.2) is 48.0 Å². The van der Waals surface area contributed by atoms with Crippen LogP contribution >= 0.6 is 0 Å². The van der Waals surface area contributed by atoms with E-state index in [2.05, 4.69) is 83.1 Å². The Balaban J connectivity index is 1.25. The molecule has 0 amide bonds. The van der Waals surface area contributed by atoms with Crippen LogP contribution in [0, 0.1) is 23.2 Å². The number of H-pyrrole nitrogens is 2. The van der Waals surface area contributed by atoms with Crippen molar-refractivity contribution in [1.82, 2.24) is 19.8 Å². The lowest BCUT2D eigenvalue weighted by molar-refractivity contribution is -0.169. The molecule has 6 aliphatic rings. The van der Waals surface area contributed by atoms with Crippen LogP contribution < -0.4 is 4.74 Å². The Kier molecular flexibility index (Phi) is 7.75. The van der Waals surface area contributed by atoms with E-state index in [1.165, 1.54) is 77.3 Å². The van der Waals surface area contributed by atoms with Crippen molar-refractivity contribution in [2.24, 2.45) is 23.2 Å². The normalized spacial score (nSPS) is 34.2. The van der Waals surface area contributed by atoms with Gasteiger partial charge in [0.25, 0.3) is 0 Å². The number of ether oxygens (including phenoxy) is 2. The number of benzene rings is 2. The summed E-state index contributed by atoms with van der Waals surface area (Å²) in [5.74, 6) is 2.33. The maximum Gasteiger partial charge on any atom is 0.316 e. The zero-order chi connectivity index (χ0) is 34.5. The smallest absolute Gasteiger partial charge is 0.316 e. The highest BCUT2D eigenvalue weighted by atomic mass is 16.5. The monoisotopic (exact) mass is 676 g/mol. The number of likely N-dealkylation sites (tertiary alicyclic amines) is 1. The summed E-state index contributed by atoms with van der Waals surface area (Å²) in [6.45, 7) is 7.29. The number of para-hydroxylation sites is 1. The van der Waals surface area contributed by atoms with E-state index in [1.54, 1.807) is 7.11 Å². The van der Waals surface area contributed by atoms with Gasteiger partial charge in [-0.25, -0.2) is 0 Å². The Labute approximate surface area is 295 Å². The number of hydrogen-bond acceptors (Lipinski definition) is 6.